The quantitative estimate of drug-likeness (QED) is 0.310. The number of rotatable bonds is 13. The summed E-state index contributed by atoms with van der Waals surface area (Å²) in [7, 11) is 3.46. The summed E-state index contributed by atoms with van der Waals surface area (Å²) in [5.41, 5.74) is 1.17. The van der Waals surface area contributed by atoms with Crippen LogP contribution in [-0.4, -0.2) is 70.3 Å². The molecule has 0 bridgehead atoms. The van der Waals surface area contributed by atoms with Crippen molar-refractivity contribution in [2.45, 2.75) is 26.4 Å². The van der Waals surface area contributed by atoms with Crippen LogP contribution in [0.25, 0.3) is 0 Å². The van der Waals surface area contributed by atoms with Crippen LogP contribution in [0, 0.1) is 0 Å². The van der Waals surface area contributed by atoms with E-state index >= 15 is 0 Å². The first-order valence-corrected chi connectivity index (χ1v) is 9.55. The van der Waals surface area contributed by atoms with Crippen LogP contribution in [0.4, 0.5) is 0 Å². The molecule has 7 nitrogen and oxygen atoms in total. The van der Waals surface area contributed by atoms with Gasteiger partial charge in [0.25, 0.3) is 0 Å². The SMILES string of the molecule is CCCNC(=NCC(=O)N(C)C)NCCCOCCOCc1ccccc1. The van der Waals surface area contributed by atoms with E-state index in [9.17, 15) is 4.79 Å². The fraction of sp³-hybridized carbons (Fsp3) is 0.600. The van der Waals surface area contributed by atoms with Gasteiger partial charge in [-0.15, -0.1) is 0 Å². The minimum Gasteiger partial charge on any atom is -0.379 e. The number of hydrogen-bond donors (Lipinski definition) is 2. The molecule has 0 spiro atoms. The molecule has 0 aliphatic heterocycles. The molecule has 1 aromatic carbocycles. The van der Waals surface area contributed by atoms with Gasteiger partial charge in [-0.05, 0) is 18.4 Å². The van der Waals surface area contributed by atoms with Crippen molar-refractivity contribution in [2.24, 2.45) is 4.99 Å². The zero-order valence-electron chi connectivity index (χ0n) is 16.9. The van der Waals surface area contributed by atoms with Crippen molar-refractivity contribution in [2.75, 3.05) is 53.6 Å². The van der Waals surface area contributed by atoms with E-state index in [1.165, 1.54) is 10.5 Å². The number of likely N-dealkylation sites (N-methyl/N-ethyl adjacent to an activating group) is 1. The molecule has 0 heterocycles. The number of aliphatic imine (C=N–C) groups is 1. The number of nitrogens with zero attached hydrogens (tertiary/aromatic N) is 2. The van der Waals surface area contributed by atoms with Gasteiger partial charge >= 0.3 is 0 Å². The molecular weight excluding hydrogens is 344 g/mol. The fourth-order valence-electron chi connectivity index (χ4n) is 2.07. The Balaban J connectivity index is 2.08. The van der Waals surface area contributed by atoms with E-state index < -0.39 is 0 Å². The minimum absolute atomic E-state index is 0.0218. The molecule has 0 unspecified atom stereocenters. The van der Waals surface area contributed by atoms with Crippen LogP contribution >= 0.6 is 0 Å². The van der Waals surface area contributed by atoms with E-state index in [0.717, 1.165) is 25.9 Å². The summed E-state index contributed by atoms with van der Waals surface area (Å²) in [6.07, 6.45) is 1.85. The second-order valence-electron chi connectivity index (χ2n) is 6.31. The number of guanidine groups is 1. The lowest BCUT2D eigenvalue weighted by atomic mass is 10.2. The second-order valence-corrected chi connectivity index (χ2v) is 6.31. The third-order valence-corrected chi connectivity index (χ3v) is 3.66. The molecule has 1 rings (SSSR count). The number of amides is 1. The monoisotopic (exact) mass is 378 g/mol. The maximum atomic E-state index is 11.6. The standard InChI is InChI=1S/C20H34N4O3/c1-4-11-21-20(23-16-19(25)24(2)3)22-12-8-13-26-14-15-27-17-18-9-6-5-7-10-18/h5-7,9-10H,4,8,11-17H2,1-3H3,(H2,21,22,23). The van der Waals surface area contributed by atoms with Gasteiger partial charge in [0.15, 0.2) is 5.96 Å². The Morgan fingerprint density at radius 1 is 1.04 bits per heavy atom. The number of nitrogens with one attached hydrogen (secondary N) is 2. The molecule has 0 aromatic heterocycles. The molecule has 0 radical (unpaired) electrons. The Bertz CT molecular complexity index is 535. The highest BCUT2D eigenvalue weighted by atomic mass is 16.5. The van der Waals surface area contributed by atoms with E-state index in [-0.39, 0.29) is 12.5 Å². The molecular formula is C20H34N4O3. The van der Waals surface area contributed by atoms with Crippen LogP contribution < -0.4 is 10.6 Å². The average Bonchev–Trinajstić information content (AvgIpc) is 2.68. The number of carbonyl (C=O) groups is 1. The van der Waals surface area contributed by atoms with Gasteiger partial charge in [-0.2, -0.15) is 0 Å². The van der Waals surface area contributed by atoms with E-state index in [2.05, 4.69) is 22.5 Å². The van der Waals surface area contributed by atoms with Crippen molar-refractivity contribution < 1.29 is 14.3 Å². The van der Waals surface area contributed by atoms with E-state index in [4.69, 9.17) is 9.47 Å². The van der Waals surface area contributed by atoms with Crippen molar-refractivity contribution in [1.29, 1.82) is 0 Å². The van der Waals surface area contributed by atoms with Crippen LogP contribution in [0.3, 0.4) is 0 Å². The average molecular weight is 379 g/mol. The predicted molar refractivity (Wildman–Crippen MR) is 109 cm³/mol. The molecule has 0 aliphatic rings. The number of hydrogen-bond acceptors (Lipinski definition) is 4. The lowest BCUT2D eigenvalue weighted by Crippen LogP contribution is -2.39. The van der Waals surface area contributed by atoms with Crippen molar-refractivity contribution in [3.05, 3.63) is 35.9 Å². The summed E-state index contributed by atoms with van der Waals surface area (Å²) < 4.78 is 11.2. The molecule has 2 N–H and O–H groups in total. The Morgan fingerprint density at radius 2 is 1.74 bits per heavy atom. The lowest BCUT2D eigenvalue weighted by Gasteiger charge is -2.13. The smallest absolute Gasteiger partial charge is 0.243 e. The molecule has 0 aliphatic carbocycles. The van der Waals surface area contributed by atoms with Crippen LogP contribution in [0.5, 0.6) is 0 Å². The highest BCUT2D eigenvalue weighted by Gasteiger charge is 2.04. The molecule has 0 saturated heterocycles. The highest BCUT2D eigenvalue weighted by Crippen LogP contribution is 2.00. The molecule has 0 saturated carbocycles. The van der Waals surface area contributed by atoms with Gasteiger partial charge in [0.2, 0.25) is 5.91 Å². The lowest BCUT2D eigenvalue weighted by molar-refractivity contribution is -0.127. The van der Waals surface area contributed by atoms with Gasteiger partial charge in [-0.25, -0.2) is 4.99 Å². The predicted octanol–water partition coefficient (Wildman–Crippen LogP) is 1.64. The van der Waals surface area contributed by atoms with Gasteiger partial charge in [-0.1, -0.05) is 37.3 Å². The molecule has 1 amide bonds. The summed E-state index contributed by atoms with van der Waals surface area (Å²) >= 11 is 0. The van der Waals surface area contributed by atoms with Crippen LogP contribution in [0.1, 0.15) is 25.3 Å². The van der Waals surface area contributed by atoms with Gasteiger partial charge in [0, 0.05) is 33.8 Å². The van der Waals surface area contributed by atoms with Gasteiger partial charge in [0.1, 0.15) is 6.54 Å². The minimum atomic E-state index is -0.0218. The first-order chi connectivity index (χ1) is 13.1. The first kappa shape index (κ1) is 22.9. The largest absolute Gasteiger partial charge is 0.379 e. The van der Waals surface area contributed by atoms with Crippen molar-refractivity contribution >= 4 is 11.9 Å². The van der Waals surface area contributed by atoms with Gasteiger partial charge in [0.05, 0.1) is 19.8 Å². The van der Waals surface area contributed by atoms with Crippen molar-refractivity contribution in [1.82, 2.24) is 15.5 Å². The molecule has 0 fully saturated rings. The van der Waals surface area contributed by atoms with Crippen LogP contribution in [0.15, 0.2) is 35.3 Å². The topological polar surface area (TPSA) is 75.2 Å². The third-order valence-electron chi connectivity index (χ3n) is 3.66. The van der Waals surface area contributed by atoms with Crippen LogP contribution in [-0.2, 0) is 20.9 Å². The van der Waals surface area contributed by atoms with Crippen LogP contribution in [0.2, 0.25) is 0 Å². The summed E-state index contributed by atoms with van der Waals surface area (Å²) in [5.74, 6) is 0.643. The zero-order chi connectivity index (χ0) is 19.7. The van der Waals surface area contributed by atoms with E-state index in [1.54, 1.807) is 14.1 Å². The Kier molecular flexibility index (Phi) is 12.7. The summed E-state index contributed by atoms with van der Waals surface area (Å²) in [4.78, 5) is 17.5. The molecule has 27 heavy (non-hydrogen) atoms. The molecule has 7 heteroatoms. The second kappa shape index (κ2) is 15.0. The van der Waals surface area contributed by atoms with Gasteiger partial charge in [-0.3, -0.25) is 4.79 Å². The Labute approximate surface area is 163 Å². The molecule has 0 atom stereocenters. The first-order valence-electron chi connectivity index (χ1n) is 9.55. The summed E-state index contributed by atoms with van der Waals surface area (Å²) in [6, 6.07) is 10.1. The van der Waals surface area contributed by atoms with E-state index in [0.29, 0.717) is 32.4 Å². The fourth-order valence-corrected chi connectivity index (χ4v) is 2.07. The summed E-state index contributed by atoms with van der Waals surface area (Å²) in [5, 5.41) is 6.43. The normalized spacial score (nSPS) is 11.3. The highest BCUT2D eigenvalue weighted by molar-refractivity contribution is 5.84. The van der Waals surface area contributed by atoms with Crippen molar-refractivity contribution in [3.8, 4) is 0 Å². The van der Waals surface area contributed by atoms with Gasteiger partial charge < -0.3 is 25.0 Å². The molecule has 152 valence electrons. The number of benzene rings is 1. The maximum absolute atomic E-state index is 11.6. The zero-order valence-corrected chi connectivity index (χ0v) is 16.9. The van der Waals surface area contributed by atoms with Crippen molar-refractivity contribution in [3.63, 3.8) is 0 Å². The van der Waals surface area contributed by atoms with E-state index in [1.807, 2.05) is 30.3 Å². The Hall–Kier alpha value is -2.12. The Morgan fingerprint density at radius 3 is 2.44 bits per heavy atom. The maximum Gasteiger partial charge on any atom is 0.243 e. The summed E-state index contributed by atoms with van der Waals surface area (Å²) in [6.45, 7) is 6.21. The number of ether oxygens (including phenoxy) is 2. The number of carbonyl (C=O) groups excluding carboxylic acids is 1. The third kappa shape index (κ3) is 12.0. The molecule has 1 aromatic rings.